The van der Waals surface area contributed by atoms with E-state index in [0.29, 0.717) is 22.7 Å². The molecule has 4 nitrogen and oxygen atoms in total. The van der Waals surface area contributed by atoms with Crippen molar-refractivity contribution in [3.05, 3.63) is 100 Å². The standard InChI is InChI=1S/C24H15ClF6N2O2/c25-17-9-7-14(8-10-17)11-20(21(34)32-18-5-1-3-15(12-18)23(26,27)28)22(35)33-19-6-2-4-16(13-19)24(29,30)31/h1-13H,(H,32,34)(H,33,35). The van der Waals surface area contributed by atoms with Gasteiger partial charge < -0.3 is 10.6 Å². The highest BCUT2D eigenvalue weighted by Gasteiger charge is 2.32. The molecule has 0 bridgehead atoms. The van der Waals surface area contributed by atoms with Crippen LogP contribution >= 0.6 is 11.6 Å². The number of carbonyl (C=O) groups excluding carboxylic acids is 2. The van der Waals surface area contributed by atoms with Gasteiger partial charge in [-0.15, -0.1) is 0 Å². The lowest BCUT2D eigenvalue weighted by atomic mass is 10.1. The van der Waals surface area contributed by atoms with Crippen LogP contribution < -0.4 is 10.6 Å². The molecule has 2 N–H and O–H groups in total. The lowest BCUT2D eigenvalue weighted by molar-refractivity contribution is -0.138. The minimum absolute atomic E-state index is 0.237. The van der Waals surface area contributed by atoms with E-state index < -0.39 is 40.9 Å². The highest BCUT2D eigenvalue weighted by molar-refractivity contribution is 6.31. The molecule has 2 amide bonds. The molecule has 0 aliphatic heterocycles. The highest BCUT2D eigenvalue weighted by atomic mass is 35.5. The maximum Gasteiger partial charge on any atom is 0.416 e. The number of nitrogens with one attached hydrogen (secondary N) is 2. The molecule has 0 spiro atoms. The Morgan fingerprint density at radius 3 is 1.51 bits per heavy atom. The van der Waals surface area contributed by atoms with Gasteiger partial charge in [-0.3, -0.25) is 9.59 Å². The predicted octanol–water partition coefficient (Wildman–Crippen LogP) is 7.04. The largest absolute Gasteiger partial charge is 0.416 e. The lowest BCUT2D eigenvalue weighted by Gasteiger charge is -2.13. The number of alkyl halides is 6. The van der Waals surface area contributed by atoms with Crippen LogP contribution in [0.3, 0.4) is 0 Å². The van der Waals surface area contributed by atoms with E-state index in [-0.39, 0.29) is 11.4 Å². The topological polar surface area (TPSA) is 58.2 Å². The smallest absolute Gasteiger partial charge is 0.322 e. The molecule has 0 fully saturated rings. The number of amides is 2. The average molecular weight is 513 g/mol. The van der Waals surface area contributed by atoms with Crippen LogP contribution in [0.1, 0.15) is 16.7 Å². The van der Waals surface area contributed by atoms with E-state index in [1.807, 2.05) is 0 Å². The van der Waals surface area contributed by atoms with Crippen LogP contribution in [-0.4, -0.2) is 11.8 Å². The van der Waals surface area contributed by atoms with Crippen molar-refractivity contribution >= 4 is 40.9 Å². The zero-order chi connectivity index (χ0) is 25.8. The summed E-state index contributed by atoms with van der Waals surface area (Å²) in [5.74, 6) is -2.16. The Kier molecular flexibility index (Phi) is 7.54. The van der Waals surface area contributed by atoms with E-state index in [9.17, 15) is 35.9 Å². The highest BCUT2D eigenvalue weighted by Crippen LogP contribution is 2.32. The molecule has 0 atom stereocenters. The second-order valence-corrected chi connectivity index (χ2v) is 7.61. The van der Waals surface area contributed by atoms with Crippen LogP contribution in [-0.2, 0) is 21.9 Å². The van der Waals surface area contributed by atoms with Crippen LogP contribution in [0.5, 0.6) is 0 Å². The third-order valence-corrected chi connectivity index (χ3v) is 4.82. The molecule has 0 saturated carbocycles. The van der Waals surface area contributed by atoms with Crippen LogP contribution in [0.4, 0.5) is 37.7 Å². The van der Waals surface area contributed by atoms with E-state index >= 15 is 0 Å². The fourth-order valence-electron chi connectivity index (χ4n) is 2.90. The number of halogens is 7. The Morgan fingerprint density at radius 2 is 1.11 bits per heavy atom. The molecule has 3 aromatic carbocycles. The van der Waals surface area contributed by atoms with E-state index in [2.05, 4.69) is 10.6 Å². The quantitative estimate of drug-likeness (QED) is 0.167. The summed E-state index contributed by atoms with van der Waals surface area (Å²) in [7, 11) is 0. The molecule has 11 heteroatoms. The minimum Gasteiger partial charge on any atom is -0.322 e. The first-order valence-corrected chi connectivity index (χ1v) is 10.2. The molecule has 182 valence electrons. The maximum atomic E-state index is 13.0. The van der Waals surface area contributed by atoms with Crippen molar-refractivity contribution in [1.82, 2.24) is 0 Å². The van der Waals surface area contributed by atoms with Gasteiger partial charge in [0.05, 0.1) is 11.1 Å². The molecule has 0 aliphatic rings. The third-order valence-electron chi connectivity index (χ3n) is 4.57. The predicted molar refractivity (Wildman–Crippen MR) is 120 cm³/mol. The number of hydrogen-bond acceptors (Lipinski definition) is 2. The molecule has 3 rings (SSSR count). The Balaban J connectivity index is 1.93. The van der Waals surface area contributed by atoms with Gasteiger partial charge >= 0.3 is 12.4 Å². The van der Waals surface area contributed by atoms with Gasteiger partial charge in [0, 0.05) is 16.4 Å². The van der Waals surface area contributed by atoms with Crippen LogP contribution in [0.2, 0.25) is 5.02 Å². The Morgan fingerprint density at radius 1 is 0.686 bits per heavy atom. The second-order valence-electron chi connectivity index (χ2n) is 7.17. The van der Waals surface area contributed by atoms with E-state index in [0.717, 1.165) is 30.3 Å². The first kappa shape index (κ1) is 25.8. The van der Waals surface area contributed by atoms with Crippen molar-refractivity contribution in [1.29, 1.82) is 0 Å². The summed E-state index contributed by atoms with van der Waals surface area (Å²) in [4.78, 5) is 25.8. The van der Waals surface area contributed by atoms with Gasteiger partial charge in [-0.25, -0.2) is 0 Å². The van der Waals surface area contributed by atoms with Crippen molar-refractivity contribution in [3.8, 4) is 0 Å². The fourth-order valence-corrected chi connectivity index (χ4v) is 3.03. The second kappa shape index (κ2) is 10.2. The van der Waals surface area contributed by atoms with Gasteiger partial charge in [0.25, 0.3) is 11.8 Å². The first-order valence-electron chi connectivity index (χ1n) is 9.77. The van der Waals surface area contributed by atoms with Crippen molar-refractivity contribution in [2.45, 2.75) is 12.4 Å². The number of hydrogen-bond donors (Lipinski definition) is 2. The van der Waals surface area contributed by atoms with Gasteiger partial charge in [-0.05, 0) is 60.2 Å². The summed E-state index contributed by atoms with van der Waals surface area (Å²) in [5, 5.41) is 4.79. The summed E-state index contributed by atoms with van der Waals surface area (Å²) < 4.78 is 78.0. The molecule has 0 radical (unpaired) electrons. The summed E-state index contributed by atoms with van der Waals surface area (Å²) >= 11 is 5.83. The Bertz CT molecular complexity index is 1190. The molecular weight excluding hydrogens is 498 g/mol. The van der Waals surface area contributed by atoms with E-state index in [4.69, 9.17) is 11.6 Å². The fraction of sp³-hybridized carbons (Fsp3) is 0.0833. The van der Waals surface area contributed by atoms with E-state index in [1.54, 1.807) is 0 Å². The number of benzene rings is 3. The van der Waals surface area contributed by atoms with Crippen molar-refractivity contribution in [3.63, 3.8) is 0 Å². The van der Waals surface area contributed by atoms with Crippen LogP contribution in [0.25, 0.3) is 6.08 Å². The average Bonchev–Trinajstić information content (AvgIpc) is 2.77. The van der Waals surface area contributed by atoms with Crippen LogP contribution in [0.15, 0.2) is 78.4 Å². The van der Waals surface area contributed by atoms with Crippen LogP contribution in [0, 0.1) is 0 Å². The summed E-state index contributed by atoms with van der Waals surface area (Å²) in [6.07, 6.45) is -8.20. The molecule has 0 saturated heterocycles. The zero-order valence-electron chi connectivity index (χ0n) is 17.5. The third kappa shape index (κ3) is 7.10. The maximum absolute atomic E-state index is 13.0. The normalized spacial score (nSPS) is 11.5. The summed E-state index contributed by atoms with van der Waals surface area (Å²) in [6.45, 7) is 0. The lowest BCUT2D eigenvalue weighted by Crippen LogP contribution is -2.25. The van der Waals surface area contributed by atoms with Gasteiger partial charge in [-0.2, -0.15) is 26.3 Å². The van der Waals surface area contributed by atoms with Crippen molar-refractivity contribution in [2.75, 3.05) is 10.6 Å². The monoisotopic (exact) mass is 512 g/mol. The minimum atomic E-state index is -4.66. The van der Waals surface area contributed by atoms with Crippen molar-refractivity contribution in [2.24, 2.45) is 0 Å². The zero-order valence-corrected chi connectivity index (χ0v) is 18.2. The van der Waals surface area contributed by atoms with Crippen molar-refractivity contribution < 1.29 is 35.9 Å². The van der Waals surface area contributed by atoms with Gasteiger partial charge in [0.2, 0.25) is 0 Å². The number of carbonyl (C=O) groups is 2. The summed E-state index contributed by atoms with van der Waals surface area (Å²) in [5.41, 5.74) is -2.75. The first-order chi connectivity index (χ1) is 16.3. The molecule has 35 heavy (non-hydrogen) atoms. The summed E-state index contributed by atoms with van der Waals surface area (Å²) in [6, 6.07) is 13.4. The Hall–Kier alpha value is -3.79. The van der Waals surface area contributed by atoms with Gasteiger partial charge in [0.15, 0.2) is 0 Å². The van der Waals surface area contributed by atoms with E-state index in [1.165, 1.54) is 36.4 Å². The SMILES string of the molecule is O=C(Nc1cccc(C(F)(F)F)c1)C(=Cc1ccc(Cl)cc1)C(=O)Nc1cccc(C(F)(F)F)c1. The molecular formula is C24H15ClF6N2O2. The molecule has 0 unspecified atom stereocenters. The molecule has 3 aromatic rings. The molecule has 0 heterocycles. The number of anilines is 2. The van der Waals surface area contributed by atoms with Gasteiger partial charge in [0.1, 0.15) is 5.57 Å². The molecule has 0 aromatic heterocycles. The molecule has 0 aliphatic carbocycles. The van der Waals surface area contributed by atoms with Gasteiger partial charge in [-0.1, -0.05) is 35.9 Å². The Labute approximate surface area is 200 Å². The number of rotatable bonds is 5.